The van der Waals surface area contributed by atoms with Crippen molar-refractivity contribution in [1.82, 2.24) is 14.5 Å². The number of esters is 1. The van der Waals surface area contributed by atoms with Crippen molar-refractivity contribution < 1.29 is 14.3 Å². The number of aryl methyl sites for hydroxylation is 1. The average molecular weight is 426 g/mol. The van der Waals surface area contributed by atoms with Crippen molar-refractivity contribution >= 4 is 33.4 Å². The lowest BCUT2D eigenvalue weighted by molar-refractivity contribution is -0.132. The zero-order valence-electron chi connectivity index (χ0n) is 17.3. The lowest BCUT2D eigenvalue weighted by Gasteiger charge is -2.33. The number of carbonyl (C=O) groups excluding carboxylic acids is 2. The van der Waals surface area contributed by atoms with Gasteiger partial charge in [0.15, 0.2) is 0 Å². The number of amides is 1. The fourth-order valence-corrected chi connectivity index (χ4v) is 5.13. The van der Waals surface area contributed by atoms with Gasteiger partial charge in [0.25, 0.3) is 0 Å². The molecule has 0 atom stereocenters. The Kier molecular flexibility index (Phi) is 6.47. The third-order valence-electron chi connectivity index (χ3n) is 5.75. The fourth-order valence-electron chi connectivity index (χ4n) is 4.12. The lowest BCUT2D eigenvalue weighted by atomic mass is 10.0. The number of benzene rings is 1. The van der Waals surface area contributed by atoms with Gasteiger partial charge >= 0.3 is 5.97 Å². The van der Waals surface area contributed by atoms with Crippen LogP contribution < -0.4 is 0 Å². The summed E-state index contributed by atoms with van der Waals surface area (Å²) in [6.45, 7) is 1.47. The van der Waals surface area contributed by atoms with Gasteiger partial charge in [-0.05, 0) is 56.4 Å². The van der Waals surface area contributed by atoms with E-state index in [-0.39, 0.29) is 17.9 Å². The summed E-state index contributed by atoms with van der Waals surface area (Å²) in [6, 6.07) is 12.1. The average Bonchev–Trinajstić information content (AvgIpc) is 3.43. The summed E-state index contributed by atoms with van der Waals surface area (Å²) < 4.78 is 8.08. The van der Waals surface area contributed by atoms with Crippen LogP contribution in [0.4, 0.5) is 0 Å². The number of rotatable bonds is 7. The third-order valence-corrected chi connectivity index (χ3v) is 6.85. The molecule has 0 aliphatic carbocycles. The third kappa shape index (κ3) is 4.56. The molecule has 1 amide bonds. The van der Waals surface area contributed by atoms with E-state index in [1.165, 1.54) is 11.8 Å². The molecule has 0 saturated carbocycles. The number of thiazole rings is 1. The molecule has 1 fully saturated rings. The maximum Gasteiger partial charge on any atom is 0.354 e. The number of nitrogens with zero attached hydrogens (tertiary/aromatic N) is 3. The van der Waals surface area contributed by atoms with Crippen molar-refractivity contribution in [2.24, 2.45) is 0 Å². The van der Waals surface area contributed by atoms with Crippen LogP contribution in [0.25, 0.3) is 10.2 Å². The second kappa shape index (κ2) is 9.43. The first-order chi connectivity index (χ1) is 14.7. The molecular weight excluding hydrogens is 398 g/mol. The number of unbranched alkanes of at least 4 members (excludes halogenated alkanes) is 1. The Balaban J connectivity index is 1.21. The molecule has 1 aliphatic heterocycles. The van der Waals surface area contributed by atoms with Crippen molar-refractivity contribution in [2.75, 3.05) is 20.2 Å². The summed E-state index contributed by atoms with van der Waals surface area (Å²) in [5.41, 5.74) is 1.65. The first-order valence-corrected chi connectivity index (χ1v) is 11.3. The molecule has 0 N–H and O–H groups in total. The summed E-state index contributed by atoms with van der Waals surface area (Å²) >= 11 is 1.75. The van der Waals surface area contributed by atoms with E-state index in [1.54, 1.807) is 17.4 Å². The zero-order valence-corrected chi connectivity index (χ0v) is 18.1. The summed E-state index contributed by atoms with van der Waals surface area (Å²) in [6.07, 6.45) is 7.03. The predicted molar refractivity (Wildman–Crippen MR) is 118 cm³/mol. The number of hydrogen-bond donors (Lipinski definition) is 0. The predicted octanol–water partition coefficient (Wildman–Crippen LogP) is 4.46. The van der Waals surface area contributed by atoms with Crippen LogP contribution in [0.2, 0.25) is 0 Å². The maximum absolute atomic E-state index is 12.6. The van der Waals surface area contributed by atoms with E-state index in [1.807, 2.05) is 39.9 Å². The number of fused-ring (bicyclic) bond motifs is 1. The summed E-state index contributed by atoms with van der Waals surface area (Å²) in [5.74, 6) is -0.0786. The number of aromatic nitrogens is 2. The van der Waals surface area contributed by atoms with Crippen molar-refractivity contribution in [3.8, 4) is 0 Å². The van der Waals surface area contributed by atoms with Gasteiger partial charge in [0, 0.05) is 31.7 Å². The fraction of sp³-hybridized carbons (Fsp3) is 0.435. The number of hydrogen-bond acceptors (Lipinski definition) is 5. The Morgan fingerprint density at radius 1 is 1.13 bits per heavy atom. The summed E-state index contributed by atoms with van der Waals surface area (Å²) in [5, 5.41) is 1.15. The van der Waals surface area contributed by atoms with Crippen LogP contribution in [0.15, 0.2) is 42.6 Å². The van der Waals surface area contributed by atoms with Gasteiger partial charge in [-0.15, -0.1) is 11.3 Å². The molecule has 1 saturated heterocycles. The van der Waals surface area contributed by atoms with Crippen LogP contribution >= 0.6 is 11.3 Å². The Labute approximate surface area is 180 Å². The standard InChI is InChI=1S/C23H27N3O3S/c1-29-23(28)19-8-6-14-26(19)17-12-15-25(16-13-17)22(27)11-5-4-10-21-24-18-7-2-3-9-20(18)30-21/h2-3,6-9,14,17H,4-5,10-13,15-16H2,1H3. The monoisotopic (exact) mass is 425 g/mol. The molecule has 3 heterocycles. The molecule has 4 rings (SSSR count). The van der Waals surface area contributed by atoms with Crippen LogP contribution in [0.3, 0.4) is 0 Å². The van der Waals surface area contributed by atoms with E-state index in [0.717, 1.165) is 55.7 Å². The quantitative estimate of drug-likeness (QED) is 0.414. The van der Waals surface area contributed by atoms with Gasteiger partial charge in [-0.2, -0.15) is 0 Å². The maximum atomic E-state index is 12.6. The smallest absolute Gasteiger partial charge is 0.354 e. The number of likely N-dealkylation sites (tertiary alicyclic amines) is 1. The number of carbonyl (C=O) groups is 2. The Bertz CT molecular complexity index is 985. The van der Waals surface area contributed by atoms with Gasteiger partial charge in [0.2, 0.25) is 5.91 Å². The number of piperidine rings is 1. The van der Waals surface area contributed by atoms with Gasteiger partial charge in [0.05, 0.1) is 22.3 Å². The van der Waals surface area contributed by atoms with E-state index in [9.17, 15) is 9.59 Å². The van der Waals surface area contributed by atoms with Gasteiger partial charge in [-0.25, -0.2) is 9.78 Å². The Morgan fingerprint density at radius 2 is 1.93 bits per heavy atom. The van der Waals surface area contributed by atoms with Crippen LogP contribution in [0.1, 0.15) is 53.6 Å². The molecule has 2 aromatic heterocycles. The first-order valence-electron chi connectivity index (χ1n) is 10.5. The van der Waals surface area contributed by atoms with Crippen molar-refractivity contribution in [1.29, 1.82) is 0 Å². The molecule has 30 heavy (non-hydrogen) atoms. The van der Waals surface area contributed by atoms with Gasteiger partial charge in [-0.3, -0.25) is 4.79 Å². The number of ether oxygens (including phenoxy) is 1. The molecule has 0 bridgehead atoms. The van der Waals surface area contributed by atoms with E-state index < -0.39 is 0 Å². The highest BCUT2D eigenvalue weighted by atomic mass is 32.1. The highest BCUT2D eigenvalue weighted by molar-refractivity contribution is 7.18. The van der Waals surface area contributed by atoms with Crippen LogP contribution in [0, 0.1) is 0 Å². The number of para-hydroxylation sites is 1. The van der Waals surface area contributed by atoms with Crippen molar-refractivity contribution in [3.05, 3.63) is 53.3 Å². The van der Waals surface area contributed by atoms with Gasteiger partial charge < -0.3 is 14.2 Å². The molecule has 0 spiro atoms. The number of methoxy groups -OCH3 is 1. The van der Waals surface area contributed by atoms with Gasteiger partial charge in [-0.1, -0.05) is 12.1 Å². The molecule has 0 radical (unpaired) electrons. The molecular formula is C23H27N3O3S. The summed E-state index contributed by atoms with van der Waals surface area (Å²) in [7, 11) is 1.40. The minimum atomic E-state index is -0.313. The minimum Gasteiger partial charge on any atom is -0.464 e. The van der Waals surface area contributed by atoms with Crippen molar-refractivity contribution in [3.63, 3.8) is 0 Å². The second-order valence-corrected chi connectivity index (χ2v) is 8.80. The molecule has 158 valence electrons. The van der Waals surface area contributed by atoms with E-state index in [0.29, 0.717) is 12.1 Å². The summed E-state index contributed by atoms with van der Waals surface area (Å²) in [4.78, 5) is 31.1. The molecule has 1 aromatic carbocycles. The molecule has 6 nitrogen and oxygen atoms in total. The largest absolute Gasteiger partial charge is 0.464 e. The zero-order chi connectivity index (χ0) is 20.9. The SMILES string of the molecule is COC(=O)c1cccn1C1CCN(C(=O)CCCCc2nc3ccccc3s2)CC1. The van der Waals surface area contributed by atoms with Gasteiger partial charge in [0.1, 0.15) is 5.69 Å². The first kappa shape index (κ1) is 20.6. The molecule has 7 heteroatoms. The Morgan fingerprint density at radius 3 is 2.70 bits per heavy atom. The highest BCUT2D eigenvalue weighted by Gasteiger charge is 2.25. The normalized spacial score (nSPS) is 14.9. The van der Waals surface area contributed by atoms with Crippen molar-refractivity contribution in [2.45, 2.75) is 44.6 Å². The van der Waals surface area contributed by atoms with Crippen LogP contribution in [-0.4, -0.2) is 46.5 Å². The van der Waals surface area contributed by atoms with E-state index in [2.05, 4.69) is 11.1 Å². The van der Waals surface area contributed by atoms with E-state index >= 15 is 0 Å². The van der Waals surface area contributed by atoms with Crippen LogP contribution in [-0.2, 0) is 16.0 Å². The highest BCUT2D eigenvalue weighted by Crippen LogP contribution is 2.26. The molecule has 3 aromatic rings. The topological polar surface area (TPSA) is 64.4 Å². The van der Waals surface area contributed by atoms with E-state index in [4.69, 9.17) is 4.74 Å². The van der Waals surface area contributed by atoms with Crippen LogP contribution in [0.5, 0.6) is 0 Å². The Hall–Kier alpha value is -2.67. The lowest BCUT2D eigenvalue weighted by Crippen LogP contribution is -2.39. The molecule has 0 unspecified atom stereocenters. The minimum absolute atomic E-state index is 0.234. The molecule has 1 aliphatic rings. The second-order valence-electron chi connectivity index (χ2n) is 7.69.